The van der Waals surface area contributed by atoms with Crippen LogP contribution in [0.2, 0.25) is 0 Å². The van der Waals surface area contributed by atoms with Crippen LogP contribution in [0.15, 0.2) is 35.5 Å². The Labute approximate surface area is 172 Å². The van der Waals surface area contributed by atoms with Crippen LogP contribution in [0, 0.1) is 40.4 Å². The first-order valence-electron chi connectivity index (χ1n) is 11.9. The predicted molar refractivity (Wildman–Crippen MR) is 118 cm³/mol. The van der Waals surface area contributed by atoms with E-state index in [2.05, 4.69) is 46.8 Å². The largest absolute Gasteiger partial charge is 0.290 e. The van der Waals surface area contributed by atoms with Gasteiger partial charge in [-0.1, -0.05) is 70.3 Å². The summed E-state index contributed by atoms with van der Waals surface area (Å²) in [6.07, 6.45) is 19.2. The van der Waals surface area contributed by atoms with Crippen molar-refractivity contribution in [1.29, 1.82) is 0 Å². The third-order valence-electron chi connectivity index (χ3n) is 9.15. The fourth-order valence-corrected chi connectivity index (χ4v) is 7.54. The van der Waals surface area contributed by atoms with Gasteiger partial charge in [-0.15, -0.1) is 0 Å². The van der Waals surface area contributed by atoms with E-state index in [0.29, 0.717) is 5.41 Å². The van der Waals surface area contributed by atoms with E-state index in [1.54, 1.807) is 5.57 Å². The van der Waals surface area contributed by atoms with Gasteiger partial charge in [-0.3, -0.25) is 4.79 Å². The molecule has 1 heteroatoms. The van der Waals surface area contributed by atoms with Crippen LogP contribution in [0.25, 0.3) is 0 Å². The lowest BCUT2D eigenvalue weighted by molar-refractivity contribution is -0.110. The van der Waals surface area contributed by atoms with Crippen molar-refractivity contribution in [3.05, 3.63) is 35.5 Å². The number of fused-ring (bicyclic) bond motifs is 5. The molecule has 0 unspecified atom stereocenters. The van der Waals surface area contributed by atoms with Crippen LogP contribution in [0.1, 0.15) is 86.0 Å². The molecule has 0 heterocycles. The van der Waals surface area contributed by atoms with Crippen molar-refractivity contribution in [2.45, 2.75) is 86.0 Å². The maximum Gasteiger partial charge on any atom is 0.178 e. The highest BCUT2D eigenvalue weighted by atomic mass is 16.1. The monoisotopic (exact) mass is 380 g/mol. The minimum Gasteiger partial charge on any atom is -0.290 e. The minimum atomic E-state index is 0.0130. The van der Waals surface area contributed by atoms with Crippen LogP contribution < -0.4 is 0 Å². The van der Waals surface area contributed by atoms with Crippen LogP contribution in [-0.4, -0.2) is 5.78 Å². The van der Waals surface area contributed by atoms with Gasteiger partial charge >= 0.3 is 0 Å². The Morgan fingerprint density at radius 1 is 1.11 bits per heavy atom. The quantitative estimate of drug-likeness (QED) is 0.457. The summed E-state index contributed by atoms with van der Waals surface area (Å²) in [5.41, 5.74) is 3.50. The van der Waals surface area contributed by atoms with E-state index >= 15 is 0 Å². The number of allylic oxidation sites excluding steroid dienone is 6. The second-order valence-corrected chi connectivity index (χ2v) is 11.2. The average Bonchev–Trinajstić information content (AvgIpc) is 2.99. The topological polar surface area (TPSA) is 17.1 Å². The highest BCUT2D eigenvalue weighted by molar-refractivity contribution is 6.01. The summed E-state index contributed by atoms with van der Waals surface area (Å²) in [4.78, 5) is 11.9. The second-order valence-electron chi connectivity index (χ2n) is 11.2. The van der Waals surface area contributed by atoms with Crippen molar-refractivity contribution in [1.82, 2.24) is 0 Å². The molecule has 4 rings (SSSR count). The van der Waals surface area contributed by atoms with Crippen molar-refractivity contribution >= 4 is 5.78 Å². The lowest BCUT2D eigenvalue weighted by Crippen LogP contribution is -2.44. The normalized spacial score (nSPS) is 40.5. The Kier molecular flexibility index (Phi) is 5.26. The smallest absolute Gasteiger partial charge is 0.178 e. The second kappa shape index (κ2) is 7.29. The maximum absolute atomic E-state index is 11.9. The Balaban J connectivity index is 1.55. The zero-order valence-electron chi connectivity index (χ0n) is 18.8. The molecule has 0 aromatic rings. The minimum absolute atomic E-state index is 0.0130. The molecule has 0 saturated heterocycles. The molecule has 0 spiro atoms. The molecule has 0 bridgehead atoms. The van der Waals surface area contributed by atoms with E-state index < -0.39 is 0 Å². The van der Waals surface area contributed by atoms with Gasteiger partial charge < -0.3 is 0 Å². The van der Waals surface area contributed by atoms with Crippen molar-refractivity contribution in [2.75, 3.05) is 0 Å². The molecule has 6 atom stereocenters. The van der Waals surface area contributed by atoms with Gasteiger partial charge in [0.1, 0.15) is 0 Å². The fraction of sp³-hybridized carbons (Fsp3) is 0.741. The highest BCUT2D eigenvalue weighted by Gasteiger charge is 2.56. The van der Waals surface area contributed by atoms with Gasteiger partial charge in [-0.05, 0) is 86.2 Å². The van der Waals surface area contributed by atoms with Crippen LogP contribution in [-0.2, 0) is 4.79 Å². The van der Waals surface area contributed by atoms with Crippen molar-refractivity contribution in [2.24, 2.45) is 40.4 Å². The van der Waals surface area contributed by atoms with Crippen molar-refractivity contribution < 1.29 is 4.79 Å². The number of rotatable bonds is 5. The summed E-state index contributed by atoms with van der Waals surface area (Å²) in [7, 11) is 0. The van der Waals surface area contributed by atoms with Gasteiger partial charge in [0, 0.05) is 5.41 Å². The van der Waals surface area contributed by atoms with E-state index in [9.17, 15) is 4.79 Å². The molecule has 0 radical (unpaired) electrons. The van der Waals surface area contributed by atoms with Crippen LogP contribution >= 0.6 is 0 Å². The number of hydrogen-bond donors (Lipinski definition) is 0. The number of ketones is 1. The number of carbonyl (C=O) groups excluding carboxylic acids is 1. The van der Waals surface area contributed by atoms with Crippen LogP contribution in [0.3, 0.4) is 0 Å². The number of hydrogen-bond acceptors (Lipinski definition) is 1. The van der Waals surface area contributed by atoms with Gasteiger partial charge in [0.05, 0.1) is 0 Å². The Morgan fingerprint density at radius 3 is 2.64 bits per heavy atom. The van der Waals surface area contributed by atoms with Crippen LogP contribution in [0.4, 0.5) is 0 Å². The Hall–Kier alpha value is -1.11. The van der Waals surface area contributed by atoms with Gasteiger partial charge in [0.15, 0.2) is 5.78 Å². The molecule has 0 amide bonds. The molecular weight excluding hydrogens is 340 g/mol. The molecule has 28 heavy (non-hydrogen) atoms. The van der Waals surface area contributed by atoms with Crippen LogP contribution in [0.5, 0.6) is 0 Å². The molecule has 2 fully saturated rings. The summed E-state index contributed by atoms with van der Waals surface area (Å²) in [6, 6.07) is 0. The summed E-state index contributed by atoms with van der Waals surface area (Å²) >= 11 is 0. The first-order valence-corrected chi connectivity index (χ1v) is 11.9. The lowest BCUT2D eigenvalue weighted by Gasteiger charge is -2.53. The standard InChI is InChI=1S/C27H40O/c1-18(2)7-6-8-19(3)23-11-12-24-22-10-9-20-17-21(28)13-15-26(20,4)25(22)14-16-27(23,24)5/h13-15,17-19,22-24H,6-12,16H2,1-5H3/t19-,22+,23-,24+,26+,27-/m1/s1. The molecule has 4 aliphatic rings. The van der Waals surface area contributed by atoms with Gasteiger partial charge in [-0.2, -0.15) is 0 Å². The maximum atomic E-state index is 11.9. The van der Waals surface area contributed by atoms with Gasteiger partial charge in [0.25, 0.3) is 0 Å². The van der Waals surface area contributed by atoms with Gasteiger partial charge in [0.2, 0.25) is 0 Å². The predicted octanol–water partition coefficient (Wildman–Crippen LogP) is 7.29. The van der Waals surface area contributed by atoms with E-state index in [1.807, 2.05) is 12.2 Å². The zero-order chi connectivity index (χ0) is 20.1. The average molecular weight is 381 g/mol. The molecule has 154 valence electrons. The van der Waals surface area contributed by atoms with E-state index in [-0.39, 0.29) is 11.2 Å². The SMILES string of the molecule is CC(C)CCC[C@@H](C)[C@H]1CC[C@H]2[C@@H]3CCC4=CC(=O)C=C[C@]4(C)C3=CC[C@]12C. The van der Waals surface area contributed by atoms with Crippen molar-refractivity contribution in [3.63, 3.8) is 0 Å². The summed E-state index contributed by atoms with van der Waals surface area (Å²) < 4.78 is 0. The van der Waals surface area contributed by atoms with Crippen molar-refractivity contribution in [3.8, 4) is 0 Å². The molecule has 0 N–H and O–H groups in total. The molecule has 0 aromatic carbocycles. The molecule has 2 saturated carbocycles. The zero-order valence-corrected chi connectivity index (χ0v) is 18.8. The molecule has 4 aliphatic carbocycles. The molecular formula is C27H40O. The Morgan fingerprint density at radius 2 is 1.89 bits per heavy atom. The third-order valence-corrected chi connectivity index (χ3v) is 9.15. The summed E-state index contributed by atoms with van der Waals surface area (Å²) in [6.45, 7) is 12.2. The summed E-state index contributed by atoms with van der Waals surface area (Å²) in [5.74, 6) is 4.32. The third kappa shape index (κ3) is 3.17. The molecule has 0 aliphatic heterocycles. The fourth-order valence-electron chi connectivity index (χ4n) is 7.54. The number of carbonyl (C=O) groups is 1. The first-order chi connectivity index (χ1) is 13.3. The Bertz CT molecular complexity index is 723. The van der Waals surface area contributed by atoms with Gasteiger partial charge in [-0.25, -0.2) is 0 Å². The molecule has 1 nitrogen and oxygen atoms in total. The lowest BCUT2D eigenvalue weighted by atomic mass is 9.51. The molecule has 0 aromatic heterocycles. The van der Waals surface area contributed by atoms with E-state index in [1.165, 1.54) is 50.5 Å². The van der Waals surface area contributed by atoms with E-state index in [0.717, 1.165) is 36.0 Å². The summed E-state index contributed by atoms with van der Waals surface area (Å²) in [5, 5.41) is 0. The highest BCUT2D eigenvalue weighted by Crippen LogP contribution is 2.65. The first kappa shape index (κ1) is 20.2. The van der Waals surface area contributed by atoms with E-state index in [4.69, 9.17) is 0 Å².